The molecule has 1 heterocycles. The molecule has 0 saturated carbocycles. The first-order chi connectivity index (χ1) is 8.43. The van der Waals surface area contributed by atoms with Gasteiger partial charge in [-0.05, 0) is 12.1 Å². The highest BCUT2D eigenvalue weighted by molar-refractivity contribution is 7.89. The second-order valence-electron chi connectivity index (χ2n) is 3.01. The molecule has 18 heavy (non-hydrogen) atoms. The fourth-order valence-electron chi connectivity index (χ4n) is 1.08. The van der Waals surface area contributed by atoms with Crippen molar-refractivity contribution >= 4 is 16.0 Å². The number of nitriles is 2. The smallest absolute Gasteiger partial charge is 0.371 e. The second-order valence-corrected chi connectivity index (χ2v) is 4.88. The minimum atomic E-state index is -4.18. The van der Waals surface area contributed by atoms with Crippen molar-refractivity contribution in [2.24, 2.45) is 0 Å². The Morgan fingerprint density at radius 3 is 2.28 bits per heavy atom. The lowest BCUT2D eigenvalue weighted by Crippen LogP contribution is -2.31. The van der Waals surface area contributed by atoms with Gasteiger partial charge >= 0.3 is 5.97 Å². The van der Waals surface area contributed by atoms with E-state index in [1.54, 1.807) is 12.1 Å². The molecule has 0 aliphatic rings. The summed E-state index contributed by atoms with van der Waals surface area (Å²) in [7, 11) is -4.18. The Morgan fingerprint density at radius 1 is 1.33 bits per heavy atom. The van der Waals surface area contributed by atoms with Crippen LogP contribution in [-0.2, 0) is 10.0 Å². The molecule has 0 fully saturated rings. The molecule has 0 saturated heterocycles. The third-order valence-corrected chi connectivity index (χ3v) is 3.55. The van der Waals surface area contributed by atoms with Crippen molar-refractivity contribution in [3.8, 4) is 12.1 Å². The maximum atomic E-state index is 11.9. The van der Waals surface area contributed by atoms with Crippen LogP contribution in [0.25, 0.3) is 0 Å². The first kappa shape index (κ1) is 13.7. The average molecular weight is 269 g/mol. The Labute approximate surface area is 102 Å². The molecule has 1 N–H and O–H groups in total. The van der Waals surface area contributed by atoms with E-state index in [2.05, 4.69) is 4.42 Å². The van der Waals surface area contributed by atoms with Crippen molar-refractivity contribution < 1.29 is 22.7 Å². The zero-order valence-electron chi connectivity index (χ0n) is 8.90. The third-order valence-electron chi connectivity index (χ3n) is 1.88. The lowest BCUT2D eigenvalue weighted by molar-refractivity contribution is 0.0656. The average Bonchev–Trinajstić information content (AvgIpc) is 2.78. The molecule has 0 aliphatic carbocycles. The first-order valence-corrected chi connectivity index (χ1v) is 5.94. The van der Waals surface area contributed by atoms with Crippen LogP contribution in [-0.4, -0.2) is 36.9 Å². The molecule has 0 aliphatic heterocycles. The van der Waals surface area contributed by atoms with E-state index in [-0.39, 0.29) is 0 Å². The van der Waals surface area contributed by atoms with Crippen LogP contribution in [0.5, 0.6) is 0 Å². The molecule has 1 aromatic heterocycles. The number of furan rings is 1. The maximum absolute atomic E-state index is 11.9. The van der Waals surface area contributed by atoms with Crippen LogP contribution in [0.2, 0.25) is 0 Å². The van der Waals surface area contributed by atoms with Gasteiger partial charge in [0, 0.05) is 0 Å². The van der Waals surface area contributed by atoms with Gasteiger partial charge in [-0.25, -0.2) is 13.2 Å². The summed E-state index contributed by atoms with van der Waals surface area (Å²) in [5, 5.41) is 24.9. The second kappa shape index (κ2) is 5.31. The Bertz CT molecular complexity index is 618. The van der Waals surface area contributed by atoms with Crippen molar-refractivity contribution in [2.75, 3.05) is 13.1 Å². The molecule has 0 spiro atoms. The van der Waals surface area contributed by atoms with E-state index in [9.17, 15) is 13.2 Å². The number of carboxylic acids is 1. The lowest BCUT2D eigenvalue weighted by atomic mass is 10.5. The number of carboxylic acid groups (broad SMARTS) is 1. The highest BCUT2D eigenvalue weighted by Gasteiger charge is 2.28. The normalized spacial score (nSPS) is 10.8. The van der Waals surface area contributed by atoms with Gasteiger partial charge in [-0.1, -0.05) is 0 Å². The quantitative estimate of drug-likeness (QED) is 0.744. The summed E-state index contributed by atoms with van der Waals surface area (Å²) in [6, 6.07) is 5.13. The zero-order chi connectivity index (χ0) is 13.8. The van der Waals surface area contributed by atoms with Gasteiger partial charge in [0.2, 0.25) is 10.9 Å². The summed E-state index contributed by atoms with van der Waals surface area (Å²) >= 11 is 0. The van der Waals surface area contributed by atoms with E-state index < -0.39 is 39.9 Å². The molecule has 94 valence electrons. The third kappa shape index (κ3) is 2.66. The van der Waals surface area contributed by atoms with Gasteiger partial charge in [0.05, 0.1) is 12.1 Å². The molecule has 1 rings (SSSR count). The van der Waals surface area contributed by atoms with Crippen molar-refractivity contribution in [3.63, 3.8) is 0 Å². The molecule has 0 unspecified atom stereocenters. The van der Waals surface area contributed by atoms with Gasteiger partial charge < -0.3 is 9.52 Å². The summed E-state index contributed by atoms with van der Waals surface area (Å²) in [6.45, 7) is -1.06. The van der Waals surface area contributed by atoms with Crippen LogP contribution in [0.1, 0.15) is 10.6 Å². The fraction of sp³-hybridized carbons (Fsp3) is 0.222. The molecule has 1 aromatic rings. The molecule has 0 atom stereocenters. The number of carbonyl (C=O) groups is 1. The van der Waals surface area contributed by atoms with E-state index in [1.807, 2.05) is 0 Å². The lowest BCUT2D eigenvalue weighted by Gasteiger charge is -2.13. The zero-order valence-corrected chi connectivity index (χ0v) is 9.72. The van der Waals surface area contributed by atoms with E-state index in [0.717, 1.165) is 12.1 Å². The van der Waals surface area contributed by atoms with Gasteiger partial charge in [0.25, 0.3) is 10.0 Å². The molecular weight excluding hydrogens is 262 g/mol. The predicted molar refractivity (Wildman–Crippen MR) is 55.7 cm³/mol. The molecule has 0 aromatic carbocycles. The summed E-state index contributed by atoms with van der Waals surface area (Å²) in [4.78, 5) is 10.6. The standard InChI is InChI=1S/C9H7N3O5S/c10-3-5-12(6-4-11)18(15,16)8-2-1-7(17-8)9(13)14/h1-2H,5-6H2,(H,13,14). The minimum absolute atomic E-state index is 0.529. The van der Waals surface area contributed by atoms with E-state index >= 15 is 0 Å². The van der Waals surface area contributed by atoms with Crippen LogP contribution in [0.15, 0.2) is 21.6 Å². The van der Waals surface area contributed by atoms with E-state index in [0.29, 0.717) is 4.31 Å². The summed E-state index contributed by atoms with van der Waals surface area (Å²) in [5.41, 5.74) is 0. The van der Waals surface area contributed by atoms with Gasteiger partial charge in [-0.2, -0.15) is 14.8 Å². The van der Waals surface area contributed by atoms with Crippen molar-refractivity contribution in [2.45, 2.75) is 5.09 Å². The van der Waals surface area contributed by atoms with Crippen LogP contribution >= 0.6 is 0 Å². The summed E-state index contributed by atoms with van der Waals surface area (Å²) < 4.78 is 29.0. The summed E-state index contributed by atoms with van der Waals surface area (Å²) in [6.07, 6.45) is 0. The number of aromatic carboxylic acids is 1. The molecular formula is C9H7N3O5S. The van der Waals surface area contributed by atoms with Gasteiger partial charge in [0.1, 0.15) is 13.1 Å². The van der Waals surface area contributed by atoms with Gasteiger partial charge in [-0.15, -0.1) is 0 Å². The number of rotatable bonds is 5. The van der Waals surface area contributed by atoms with E-state index in [4.69, 9.17) is 15.6 Å². The monoisotopic (exact) mass is 269 g/mol. The molecule has 0 bridgehead atoms. The first-order valence-electron chi connectivity index (χ1n) is 4.50. The molecule has 8 nitrogen and oxygen atoms in total. The number of hydrogen-bond donors (Lipinski definition) is 1. The highest BCUT2D eigenvalue weighted by atomic mass is 32.2. The molecule has 0 amide bonds. The van der Waals surface area contributed by atoms with Gasteiger partial charge in [0.15, 0.2) is 0 Å². The molecule has 9 heteroatoms. The van der Waals surface area contributed by atoms with E-state index in [1.165, 1.54) is 0 Å². The van der Waals surface area contributed by atoms with Crippen LogP contribution in [0, 0.1) is 22.7 Å². The van der Waals surface area contributed by atoms with Crippen LogP contribution < -0.4 is 0 Å². The Balaban J connectivity index is 3.15. The topological polar surface area (TPSA) is 135 Å². The van der Waals surface area contributed by atoms with Gasteiger partial charge in [-0.3, -0.25) is 0 Å². The SMILES string of the molecule is N#CCN(CC#N)S(=O)(=O)c1ccc(C(=O)O)o1. The predicted octanol–water partition coefficient (Wildman–Crippen LogP) is 0.0157. The number of sulfonamides is 1. The fourth-order valence-corrected chi connectivity index (χ4v) is 2.23. The van der Waals surface area contributed by atoms with Crippen molar-refractivity contribution in [1.82, 2.24) is 4.31 Å². The highest BCUT2D eigenvalue weighted by Crippen LogP contribution is 2.18. The van der Waals surface area contributed by atoms with Crippen LogP contribution in [0.4, 0.5) is 0 Å². The van der Waals surface area contributed by atoms with Crippen LogP contribution in [0.3, 0.4) is 0 Å². The minimum Gasteiger partial charge on any atom is -0.475 e. The summed E-state index contributed by atoms with van der Waals surface area (Å²) in [5.74, 6) is -1.95. The Kier molecular flexibility index (Phi) is 4.05. The number of nitrogens with zero attached hydrogens (tertiary/aromatic N) is 3. The Hall–Kier alpha value is -2.36. The Morgan fingerprint density at radius 2 is 1.89 bits per heavy atom. The molecule has 0 radical (unpaired) electrons. The number of hydrogen-bond acceptors (Lipinski definition) is 6. The largest absolute Gasteiger partial charge is 0.475 e. The maximum Gasteiger partial charge on any atom is 0.371 e. The van der Waals surface area contributed by atoms with Crippen molar-refractivity contribution in [1.29, 1.82) is 10.5 Å². The van der Waals surface area contributed by atoms with Crippen molar-refractivity contribution in [3.05, 3.63) is 17.9 Å².